The predicted octanol–water partition coefficient (Wildman–Crippen LogP) is 8.20. The quantitative estimate of drug-likeness (QED) is 0.187. The fourth-order valence-electron chi connectivity index (χ4n) is 4.96. The molecule has 193 valence electrons. The van der Waals surface area contributed by atoms with Gasteiger partial charge >= 0.3 is 0 Å². The zero-order chi connectivity index (χ0) is 26.1. The van der Waals surface area contributed by atoms with Gasteiger partial charge in [-0.15, -0.1) is 34.9 Å². The summed E-state index contributed by atoms with van der Waals surface area (Å²) in [5, 5.41) is 12.1. The number of hydrogen-bond acceptors (Lipinski definition) is 3. The van der Waals surface area contributed by atoms with Gasteiger partial charge < -0.3 is 9.67 Å². The Kier molecular flexibility index (Phi) is 7.56. The maximum Gasteiger partial charge on any atom is 0.127 e. The first-order chi connectivity index (χ1) is 18.6. The molecule has 4 aromatic carbocycles. The van der Waals surface area contributed by atoms with Crippen LogP contribution in [0.2, 0.25) is 0 Å². The average molecular weight is 685 g/mol. The molecule has 4 nitrogen and oxygen atoms in total. The van der Waals surface area contributed by atoms with Crippen molar-refractivity contribution < 1.29 is 25.2 Å². The fraction of sp³-hybridized carbons (Fsp3) is 0.0588. The molecule has 0 saturated heterocycles. The second-order valence-electron chi connectivity index (χ2n) is 9.36. The van der Waals surface area contributed by atoms with Crippen LogP contribution in [0.5, 0.6) is 5.75 Å². The zero-order valence-electron chi connectivity index (χ0n) is 21.6. The summed E-state index contributed by atoms with van der Waals surface area (Å²) in [6.45, 7) is 4.17. The van der Waals surface area contributed by atoms with Crippen molar-refractivity contribution in [2.24, 2.45) is 0 Å². The minimum Gasteiger partial charge on any atom is -0.507 e. The van der Waals surface area contributed by atoms with Crippen LogP contribution in [0.3, 0.4) is 0 Å². The Morgan fingerprint density at radius 3 is 2.33 bits per heavy atom. The van der Waals surface area contributed by atoms with E-state index in [4.69, 9.17) is 4.98 Å². The molecule has 0 saturated carbocycles. The molecule has 0 aliphatic carbocycles. The Morgan fingerprint density at radius 2 is 1.51 bits per heavy atom. The molecule has 39 heavy (non-hydrogen) atoms. The number of aromatic hydroxyl groups is 1. The first-order valence-electron chi connectivity index (χ1n) is 12.6. The van der Waals surface area contributed by atoms with Crippen LogP contribution in [0.1, 0.15) is 11.1 Å². The number of nitrogens with zero attached hydrogens (tertiary/aromatic N) is 3. The summed E-state index contributed by atoms with van der Waals surface area (Å²) in [5.41, 5.74) is 9.33. The summed E-state index contributed by atoms with van der Waals surface area (Å²) in [6.07, 6.45) is 1.75. The molecule has 0 unspecified atom stereocenters. The van der Waals surface area contributed by atoms with E-state index in [0.29, 0.717) is 0 Å². The van der Waals surface area contributed by atoms with Gasteiger partial charge in [0.2, 0.25) is 0 Å². The van der Waals surface area contributed by atoms with Crippen molar-refractivity contribution in [1.29, 1.82) is 0 Å². The smallest absolute Gasteiger partial charge is 0.127 e. The number of rotatable bonds is 2. The maximum atomic E-state index is 10.2. The second-order valence-corrected chi connectivity index (χ2v) is 9.36. The third kappa shape index (κ3) is 5.20. The molecule has 0 amide bonds. The number of phenols is 1. The summed E-state index contributed by atoms with van der Waals surface area (Å²) in [5.74, 6) is 0.265. The molecule has 0 aliphatic rings. The predicted molar refractivity (Wildman–Crippen MR) is 156 cm³/mol. The monoisotopic (exact) mass is 685 g/mol. The van der Waals surface area contributed by atoms with Gasteiger partial charge in [0, 0.05) is 32.0 Å². The van der Waals surface area contributed by atoms with Crippen LogP contribution < -0.4 is 0 Å². The molecular formula is C34H26IrN3O-. The number of hydrogen-bond donors (Lipinski definition) is 1. The third-order valence-electron chi connectivity index (χ3n) is 6.56. The van der Waals surface area contributed by atoms with Crippen LogP contribution in [-0.2, 0) is 20.1 Å². The van der Waals surface area contributed by atoms with Gasteiger partial charge in [-0.2, -0.15) is 0 Å². The van der Waals surface area contributed by atoms with Crippen molar-refractivity contribution in [3.05, 3.63) is 133 Å². The Labute approximate surface area is 241 Å². The van der Waals surface area contributed by atoms with E-state index in [1.807, 2.05) is 60.7 Å². The molecule has 0 spiro atoms. The van der Waals surface area contributed by atoms with E-state index in [1.165, 1.54) is 10.9 Å². The van der Waals surface area contributed by atoms with Crippen molar-refractivity contribution in [1.82, 2.24) is 14.5 Å². The van der Waals surface area contributed by atoms with Crippen molar-refractivity contribution in [3.8, 4) is 22.7 Å². The van der Waals surface area contributed by atoms with Crippen LogP contribution >= 0.6 is 0 Å². The molecule has 5 heteroatoms. The molecule has 3 aromatic heterocycles. The molecule has 1 N–H and O–H groups in total. The first-order valence-corrected chi connectivity index (χ1v) is 12.6. The number of benzene rings is 4. The van der Waals surface area contributed by atoms with E-state index >= 15 is 0 Å². The van der Waals surface area contributed by atoms with Gasteiger partial charge in [-0.25, -0.2) is 0 Å². The SMILES string of the molecule is Cc1[c-]c(-c2ccc3ccccc3n2)cc(C)c1.Oc1cccc2c1c1ncccc1n2-c1ccccc1.[Ir]. The van der Waals surface area contributed by atoms with E-state index in [1.54, 1.807) is 12.3 Å². The van der Waals surface area contributed by atoms with Gasteiger partial charge in [-0.1, -0.05) is 68.4 Å². The number of aromatic nitrogens is 3. The number of para-hydroxylation sites is 2. The Hall–Kier alpha value is -4.31. The standard InChI is InChI=1S/C17H12N2O.C17H14N.Ir/c20-15-10-4-8-13-16(15)17-14(9-5-11-18-17)19(13)12-6-2-1-3-7-12;1-12-9-13(2)11-15(10-12)17-8-7-14-5-3-4-6-16(14)18-17;/h1-11,20H;3-10H,1-2H3;/q;-1;. The van der Waals surface area contributed by atoms with Gasteiger partial charge in [0.15, 0.2) is 0 Å². The summed E-state index contributed by atoms with van der Waals surface area (Å²) in [7, 11) is 0. The van der Waals surface area contributed by atoms with E-state index in [0.717, 1.165) is 50.0 Å². The number of pyridine rings is 2. The first kappa shape index (κ1) is 26.3. The van der Waals surface area contributed by atoms with Crippen molar-refractivity contribution in [3.63, 3.8) is 0 Å². The molecule has 0 fully saturated rings. The summed E-state index contributed by atoms with van der Waals surface area (Å²) < 4.78 is 2.12. The van der Waals surface area contributed by atoms with E-state index in [9.17, 15) is 5.11 Å². The summed E-state index contributed by atoms with van der Waals surface area (Å²) in [6, 6.07) is 39.6. The topological polar surface area (TPSA) is 50.9 Å². The van der Waals surface area contributed by atoms with E-state index < -0.39 is 0 Å². The fourth-order valence-corrected chi connectivity index (χ4v) is 4.96. The molecule has 7 rings (SSSR count). The van der Waals surface area contributed by atoms with Crippen LogP contribution in [0, 0.1) is 19.9 Å². The van der Waals surface area contributed by atoms with Crippen LogP contribution in [0.15, 0.2) is 115 Å². The molecule has 0 bridgehead atoms. The molecule has 0 atom stereocenters. The van der Waals surface area contributed by atoms with Crippen LogP contribution in [-0.4, -0.2) is 19.6 Å². The van der Waals surface area contributed by atoms with Gasteiger partial charge in [0.05, 0.1) is 21.9 Å². The van der Waals surface area contributed by atoms with Crippen molar-refractivity contribution in [2.75, 3.05) is 0 Å². The van der Waals surface area contributed by atoms with E-state index in [2.05, 4.69) is 71.9 Å². The average Bonchev–Trinajstić information content (AvgIpc) is 3.29. The minimum atomic E-state index is 0. The van der Waals surface area contributed by atoms with Crippen molar-refractivity contribution >= 4 is 32.8 Å². The number of fused-ring (bicyclic) bond motifs is 4. The van der Waals surface area contributed by atoms with E-state index in [-0.39, 0.29) is 25.9 Å². The molecule has 7 aromatic rings. The van der Waals surface area contributed by atoms with Gasteiger partial charge in [0.1, 0.15) is 11.3 Å². The molecular weight excluding hydrogens is 659 g/mol. The van der Waals surface area contributed by atoms with Gasteiger partial charge in [-0.05, 0) is 53.5 Å². The maximum absolute atomic E-state index is 10.2. The Morgan fingerprint density at radius 1 is 0.744 bits per heavy atom. The van der Waals surface area contributed by atoms with Crippen LogP contribution in [0.4, 0.5) is 0 Å². The Balaban J connectivity index is 0.000000155. The van der Waals surface area contributed by atoms with Gasteiger partial charge in [-0.3, -0.25) is 9.97 Å². The summed E-state index contributed by atoms with van der Waals surface area (Å²) in [4.78, 5) is 9.13. The van der Waals surface area contributed by atoms with Crippen LogP contribution in [0.25, 0.3) is 49.8 Å². The molecule has 1 radical (unpaired) electrons. The second kappa shape index (κ2) is 11.2. The normalized spacial score (nSPS) is 10.7. The third-order valence-corrected chi connectivity index (χ3v) is 6.56. The number of aryl methyl sites for hydroxylation is 2. The Bertz CT molecular complexity index is 1890. The molecule has 0 aliphatic heterocycles. The number of phenolic OH excluding ortho intramolecular Hbond substituents is 1. The zero-order valence-corrected chi connectivity index (χ0v) is 24.0. The molecule has 3 heterocycles. The largest absolute Gasteiger partial charge is 0.507 e. The minimum absolute atomic E-state index is 0. The van der Waals surface area contributed by atoms with Gasteiger partial charge in [0.25, 0.3) is 0 Å². The summed E-state index contributed by atoms with van der Waals surface area (Å²) >= 11 is 0. The van der Waals surface area contributed by atoms with Crippen molar-refractivity contribution in [2.45, 2.75) is 13.8 Å².